The summed E-state index contributed by atoms with van der Waals surface area (Å²) >= 11 is 0. The zero-order valence-electron chi connectivity index (χ0n) is 12.0. The molecule has 1 heterocycles. The lowest BCUT2D eigenvalue weighted by molar-refractivity contribution is -0.384. The molecule has 2 atom stereocenters. The summed E-state index contributed by atoms with van der Waals surface area (Å²) in [5, 5.41) is 12.5. The number of piperidine rings is 1. The molecule has 0 bridgehead atoms. The average molecular weight is 295 g/mol. The fourth-order valence-corrected chi connectivity index (χ4v) is 2.62. The lowest BCUT2D eigenvalue weighted by Gasteiger charge is -2.38. The number of nitrogens with one attached hydrogen (secondary N) is 1. The van der Waals surface area contributed by atoms with Crippen LogP contribution in [0.15, 0.2) is 18.2 Å². The molecule has 1 aromatic rings. The molecule has 1 saturated heterocycles. The van der Waals surface area contributed by atoms with Crippen LogP contribution in [0.4, 0.5) is 10.1 Å². The number of carbonyl (C=O) groups excluding carboxylic acids is 1. The van der Waals surface area contributed by atoms with Gasteiger partial charge in [0.15, 0.2) is 0 Å². The predicted octanol–water partition coefficient (Wildman–Crippen LogP) is 2.64. The van der Waals surface area contributed by atoms with Crippen molar-refractivity contribution in [3.05, 3.63) is 39.7 Å². The molecule has 0 radical (unpaired) electrons. The number of amides is 1. The topological polar surface area (TPSA) is 75.5 Å². The summed E-state index contributed by atoms with van der Waals surface area (Å²) < 4.78 is 13.7. The molecule has 6 nitrogen and oxygen atoms in total. The van der Waals surface area contributed by atoms with Gasteiger partial charge < -0.3 is 0 Å². The summed E-state index contributed by atoms with van der Waals surface area (Å²) in [6.07, 6.45) is 2.98. The average Bonchev–Trinajstić information content (AvgIpc) is 2.43. The first-order chi connectivity index (χ1) is 9.90. The summed E-state index contributed by atoms with van der Waals surface area (Å²) in [6.45, 7) is 3.97. The van der Waals surface area contributed by atoms with Crippen LogP contribution in [0.25, 0.3) is 0 Å². The number of hydrogen-bond donors (Lipinski definition) is 1. The Bertz CT molecular complexity index is 554. The van der Waals surface area contributed by atoms with Crippen LogP contribution in [0.5, 0.6) is 0 Å². The quantitative estimate of drug-likeness (QED) is 0.687. The highest BCUT2D eigenvalue weighted by molar-refractivity contribution is 5.94. The lowest BCUT2D eigenvalue weighted by atomic mass is 10.00. The third-order valence-electron chi connectivity index (χ3n) is 3.83. The van der Waals surface area contributed by atoms with E-state index in [-0.39, 0.29) is 23.3 Å². The second kappa shape index (κ2) is 6.17. The molecule has 0 aliphatic carbocycles. The normalized spacial score (nSPS) is 22.8. The van der Waals surface area contributed by atoms with Crippen LogP contribution in [0.1, 0.15) is 43.5 Å². The van der Waals surface area contributed by atoms with Crippen molar-refractivity contribution in [3.8, 4) is 0 Å². The number of nitrogens with zero attached hydrogens (tertiary/aromatic N) is 2. The SMILES string of the molecule is CC1CCCC(C)N1NC(=O)c1cc([N+](=O)[O-])ccc1F. The first-order valence-corrected chi connectivity index (χ1v) is 6.93. The highest BCUT2D eigenvalue weighted by atomic mass is 19.1. The molecule has 114 valence electrons. The molecule has 0 aromatic heterocycles. The van der Waals surface area contributed by atoms with Crippen molar-refractivity contribution >= 4 is 11.6 Å². The lowest BCUT2D eigenvalue weighted by Crippen LogP contribution is -2.54. The van der Waals surface area contributed by atoms with E-state index < -0.39 is 16.6 Å². The largest absolute Gasteiger partial charge is 0.284 e. The van der Waals surface area contributed by atoms with Gasteiger partial charge >= 0.3 is 0 Å². The molecule has 1 aliphatic heterocycles. The first kappa shape index (κ1) is 15.4. The van der Waals surface area contributed by atoms with Crippen LogP contribution in [0.3, 0.4) is 0 Å². The molecule has 7 heteroatoms. The van der Waals surface area contributed by atoms with Gasteiger partial charge in [0, 0.05) is 24.2 Å². The van der Waals surface area contributed by atoms with E-state index in [1.165, 1.54) is 0 Å². The van der Waals surface area contributed by atoms with Gasteiger partial charge in [0.05, 0.1) is 10.5 Å². The van der Waals surface area contributed by atoms with Gasteiger partial charge in [-0.25, -0.2) is 9.40 Å². The van der Waals surface area contributed by atoms with Gasteiger partial charge in [0.25, 0.3) is 11.6 Å². The van der Waals surface area contributed by atoms with Crippen LogP contribution in [0, 0.1) is 15.9 Å². The highest BCUT2D eigenvalue weighted by Gasteiger charge is 2.27. The van der Waals surface area contributed by atoms with Crippen molar-refractivity contribution in [2.24, 2.45) is 0 Å². The Kier molecular flexibility index (Phi) is 4.52. The monoisotopic (exact) mass is 295 g/mol. The van der Waals surface area contributed by atoms with Gasteiger partial charge in [-0.3, -0.25) is 20.3 Å². The van der Waals surface area contributed by atoms with E-state index in [0.29, 0.717) is 0 Å². The number of halogens is 1. The Balaban J connectivity index is 2.20. The van der Waals surface area contributed by atoms with Gasteiger partial charge in [0.1, 0.15) is 5.82 Å². The van der Waals surface area contributed by atoms with E-state index in [0.717, 1.165) is 37.5 Å². The summed E-state index contributed by atoms with van der Waals surface area (Å²) in [6, 6.07) is 3.25. The van der Waals surface area contributed by atoms with E-state index in [4.69, 9.17) is 0 Å². The maximum atomic E-state index is 13.7. The van der Waals surface area contributed by atoms with Crippen LogP contribution in [-0.2, 0) is 0 Å². The van der Waals surface area contributed by atoms with Crippen LogP contribution in [-0.4, -0.2) is 27.9 Å². The second-order valence-corrected chi connectivity index (χ2v) is 5.40. The first-order valence-electron chi connectivity index (χ1n) is 6.93. The molecular formula is C14H18FN3O3. The van der Waals surface area contributed by atoms with Crippen LogP contribution >= 0.6 is 0 Å². The van der Waals surface area contributed by atoms with Crippen molar-refractivity contribution < 1.29 is 14.1 Å². The van der Waals surface area contributed by atoms with Gasteiger partial charge in [-0.1, -0.05) is 6.42 Å². The minimum atomic E-state index is -0.768. The van der Waals surface area contributed by atoms with Crippen LogP contribution < -0.4 is 5.43 Å². The molecule has 1 aliphatic rings. The number of hydrazine groups is 1. The van der Waals surface area contributed by atoms with Crippen molar-refractivity contribution in [2.45, 2.75) is 45.2 Å². The van der Waals surface area contributed by atoms with E-state index in [1.807, 2.05) is 13.8 Å². The minimum Gasteiger partial charge on any atom is -0.284 e. The Hall–Kier alpha value is -2.02. The maximum absolute atomic E-state index is 13.7. The second-order valence-electron chi connectivity index (χ2n) is 5.40. The van der Waals surface area contributed by atoms with Gasteiger partial charge in [0.2, 0.25) is 0 Å². The number of non-ortho nitro benzene ring substituents is 1. The number of benzene rings is 1. The molecule has 1 fully saturated rings. The zero-order chi connectivity index (χ0) is 15.6. The molecule has 1 N–H and O–H groups in total. The van der Waals surface area contributed by atoms with Gasteiger partial charge in [-0.2, -0.15) is 0 Å². The Morgan fingerprint density at radius 3 is 2.57 bits per heavy atom. The minimum absolute atomic E-state index is 0.152. The summed E-state index contributed by atoms with van der Waals surface area (Å²) in [5.74, 6) is -1.42. The predicted molar refractivity (Wildman–Crippen MR) is 75.1 cm³/mol. The molecular weight excluding hydrogens is 277 g/mol. The highest BCUT2D eigenvalue weighted by Crippen LogP contribution is 2.22. The molecule has 2 unspecified atom stereocenters. The zero-order valence-corrected chi connectivity index (χ0v) is 12.0. The van der Waals surface area contributed by atoms with E-state index in [1.54, 1.807) is 5.01 Å². The molecule has 21 heavy (non-hydrogen) atoms. The number of hydrogen-bond acceptors (Lipinski definition) is 4. The van der Waals surface area contributed by atoms with E-state index in [9.17, 15) is 19.3 Å². The number of nitro benzene ring substituents is 1. The fourth-order valence-electron chi connectivity index (χ4n) is 2.62. The number of carbonyl (C=O) groups is 1. The Labute approximate surface area is 122 Å². The summed E-state index contributed by atoms with van der Waals surface area (Å²) in [4.78, 5) is 22.3. The van der Waals surface area contributed by atoms with Gasteiger partial charge in [-0.15, -0.1) is 0 Å². The van der Waals surface area contributed by atoms with E-state index >= 15 is 0 Å². The third-order valence-corrected chi connectivity index (χ3v) is 3.83. The maximum Gasteiger partial charge on any atom is 0.270 e. The molecule has 1 amide bonds. The van der Waals surface area contributed by atoms with Crippen LogP contribution in [0.2, 0.25) is 0 Å². The van der Waals surface area contributed by atoms with Crippen molar-refractivity contribution in [1.82, 2.24) is 10.4 Å². The number of rotatable bonds is 3. The Morgan fingerprint density at radius 2 is 2.00 bits per heavy atom. The smallest absolute Gasteiger partial charge is 0.270 e. The van der Waals surface area contributed by atoms with E-state index in [2.05, 4.69) is 5.43 Å². The Morgan fingerprint density at radius 1 is 1.38 bits per heavy atom. The fraction of sp³-hybridized carbons (Fsp3) is 0.500. The summed E-state index contributed by atoms with van der Waals surface area (Å²) in [7, 11) is 0. The van der Waals surface area contributed by atoms with Crippen molar-refractivity contribution in [1.29, 1.82) is 0 Å². The summed E-state index contributed by atoms with van der Waals surface area (Å²) in [5.41, 5.74) is 2.06. The standard InChI is InChI=1S/C14H18FN3O3/c1-9-4-3-5-10(2)17(9)16-14(19)12-8-11(18(20)21)6-7-13(12)15/h6-10H,3-5H2,1-2H3,(H,16,19). The number of nitro groups is 1. The molecule has 2 rings (SSSR count). The van der Waals surface area contributed by atoms with Crippen molar-refractivity contribution in [2.75, 3.05) is 0 Å². The van der Waals surface area contributed by atoms with Crippen molar-refractivity contribution in [3.63, 3.8) is 0 Å². The molecule has 0 spiro atoms. The van der Waals surface area contributed by atoms with Gasteiger partial charge in [-0.05, 0) is 32.8 Å². The molecule has 0 saturated carbocycles. The molecule has 1 aromatic carbocycles. The third kappa shape index (κ3) is 3.36.